The number of anilines is 1. The van der Waals surface area contributed by atoms with Crippen molar-refractivity contribution in [3.05, 3.63) is 197 Å². The van der Waals surface area contributed by atoms with Crippen molar-refractivity contribution in [2.24, 2.45) is 5.92 Å². The lowest BCUT2D eigenvalue weighted by Gasteiger charge is -2.46. The first-order chi connectivity index (χ1) is 35.2. The fourth-order valence-electron chi connectivity index (χ4n) is 11.5. The van der Waals surface area contributed by atoms with Crippen LogP contribution in [0, 0.1) is 17.8 Å². The Labute approximate surface area is 420 Å². The van der Waals surface area contributed by atoms with Crippen molar-refractivity contribution in [2.45, 2.75) is 74.7 Å². The fourth-order valence-corrected chi connectivity index (χ4v) is 11.5. The number of ether oxygens (including phenoxy) is 3. The van der Waals surface area contributed by atoms with Crippen LogP contribution in [-0.4, -0.2) is 78.2 Å². The molecule has 6 aromatic carbocycles. The molecular weight excluding hydrogens is 905 g/mol. The van der Waals surface area contributed by atoms with E-state index in [1.54, 1.807) is 25.3 Å². The number of likely N-dealkylation sites (tertiary alicyclic amines) is 1. The number of benzene rings is 6. The van der Waals surface area contributed by atoms with Crippen molar-refractivity contribution in [3.63, 3.8) is 0 Å². The second-order valence-corrected chi connectivity index (χ2v) is 18.9. The predicted molar refractivity (Wildman–Crippen MR) is 273 cm³/mol. The smallest absolute Gasteiger partial charge is 0.329 e. The number of carbonyl (C=O) groups excluding carboxylic acids is 4. The van der Waals surface area contributed by atoms with Crippen molar-refractivity contribution in [3.8, 4) is 23.3 Å². The van der Waals surface area contributed by atoms with Gasteiger partial charge in [0.25, 0.3) is 0 Å². The zero-order chi connectivity index (χ0) is 49.8. The second kappa shape index (κ2) is 20.9. The highest BCUT2D eigenvalue weighted by molar-refractivity contribution is 6.24. The molecular formula is C60H58N4O8. The maximum atomic E-state index is 16.9. The van der Waals surface area contributed by atoms with Gasteiger partial charge >= 0.3 is 12.0 Å². The number of cyclic esters (lactones) is 1. The van der Waals surface area contributed by atoms with Crippen LogP contribution in [0.4, 0.5) is 10.5 Å². The predicted octanol–water partition coefficient (Wildman–Crippen LogP) is 9.40. The van der Waals surface area contributed by atoms with Crippen LogP contribution in [0.15, 0.2) is 158 Å². The van der Waals surface area contributed by atoms with Gasteiger partial charge in [-0.05, 0) is 102 Å². The molecule has 72 heavy (non-hydrogen) atoms. The molecule has 10 rings (SSSR count). The standard InChI is InChI=1S/C60H58N4O8/c1-40(43-18-9-6-10-19-43)61-59(69)63-50-33-30-42(27-26-41-28-31-47(70-2)32-29-41)38-49(50)60(58(63)68)51(56(66)62-34-15-4-3-5-16-35-62)53-57(67)72-54(45-22-13-8-14-23-45)52(44-20-11-7-12-21-44)64(53)55(60)46-24-17-25-48(39-46)71-37-36-65/h6-14,17-25,28-33,38-40,51-55,65H,3-5,15-16,34-37H2,1-2H3,(H,61,69)/t40-,51-,52-,53-,54+,55+,60-/m1/s1. The highest BCUT2D eigenvalue weighted by atomic mass is 16.6. The van der Waals surface area contributed by atoms with Gasteiger partial charge in [-0.3, -0.25) is 19.3 Å². The molecule has 2 N–H and O–H groups in total. The minimum absolute atomic E-state index is 0.00224. The maximum absolute atomic E-state index is 16.9. The Morgan fingerprint density at radius 2 is 1.35 bits per heavy atom. The Morgan fingerprint density at radius 3 is 2.03 bits per heavy atom. The number of carbonyl (C=O) groups is 4. The van der Waals surface area contributed by atoms with Gasteiger partial charge in [0.1, 0.15) is 35.7 Å². The SMILES string of the molecule is COc1ccc(C#Cc2ccc3c(c2)[C@]2(C(=O)N3C(=O)N[C@H](C)c3ccccc3)[C@H](c3cccc(OCCO)c3)N3[C@H](c4ccccc4)[C@H](c4ccccc4)OC(=O)[C@H]3[C@@H]2C(=O)N2CCCCCCC2)cc1. The van der Waals surface area contributed by atoms with Crippen LogP contribution in [0.1, 0.15) is 102 Å². The maximum Gasteiger partial charge on any atom is 0.329 e. The van der Waals surface area contributed by atoms with E-state index in [1.165, 1.54) is 4.90 Å². The summed E-state index contributed by atoms with van der Waals surface area (Å²) in [5.74, 6) is 4.62. The number of methoxy groups -OCH3 is 1. The normalized spacial score (nSPS) is 23.1. The van der Waals surface area contributed by atoms with E-state index in [9.17, 15) is 5.11 Å². The molecule has 0 aromatic heterocycles. The van der Waals surface area contributed by atoms with Crippen LogP contribution in [0.3, 0.4) is 0 Å². The number of aliphatic hydroxyl groups excluding tert-OH is 1. The van der Waals surface area contributed by atoms with Crippen LogP contribution in [-0.2, 0) is 24.5 Å². The Morgan fingerprint density at radius 1 is 0.722 bits per heavy atom. The zero-order valence-corrected chi connectivity index (χ0v) is 40.5. The van der Waals surface area contributed by atoms with Gasteiger partial charge in [-0.2, -0.15) is 0 Å². The summed E-state index contributed by atoms with van der Waals surface area (Å²) in [6.07, 6.45) is 3.53. The fraction of sp³-hybridized carbons (Fsp3) is 0.300. The lowest BCUT2D eigenvalue weighted by Crippen LogP contribution is -2.57. The van der Waals surface area contributed by atoms with Crippen LogP contribution in [0.5, 0.6) is 11.5 Å². The van der Waals surface area contributed by atoms with Crippen molar-refractivity contribution < 1.29 is 38.5 Å². The quantitative estimate of drug-likeness (QED) is 0.102. The Bertz CT molecular complexity index is 2990. The number of nitrogens with one attached hydrogen (secondary N) is 1. The summed E-state index contributed by atoms with van der Waals surface area (Å²) >= 11 is 0. The van der Waals surface area contributed by atoms with Crippen LogP contribution < -0.4 is 19.7 Å². The van der Waals surface area contributed by atoms with Crippen LogP contribution >= 0.6 is 0 Å². The molecule has 4 aliphatic rings. The average molecular weight is 963 g/mol. The van der Waals surface area contributed by atoms with Crippen molar-refractivity contribution in [2.75, 3.05) is 38.3 Å². The molecule has 4 heterocycles. The van der Waals surface area contributed by atoms with Gasteiger partial charge in [-0.25, -0.2) is 9.69 Å². The number of hydrogen-bond donors (Lipinski definition) is 2. The van der Waals surface area contributed by atoms with E-state index in [2.05, 4.69) is 17.2 Å². The van der Waals surface area contributed by atoms with Crippen LogP contribution in [0.2, 0.25) is 0 Å². The number of aliphatic hydroxyl groups is 1. The molecule has 0 radical (unpaired) electrons. The third-order valence-corrected chi connectivity index (χ3v) is 14.7. The molecule has 0 aliphatic carbocycles. The summed E-state index contributed by atoms with van der Waals surface area (Å²) in [5, 5.41) is 13.0. The van der Waals surface area contributed by atoms with E-state index in [0.29, 0.717) is 41.3 Å². The summed E-state index contributed by atoms with van der Waals surface area (Å²) < 4.78 is 18.2. The summed E-state index contributed by atoms with van der Waals surface area (Å²) in [4.78, 5) is 69.3. The number of esters is 1. The van der Waals surface area contributed by atoms with Gasteiger partial charge < -0.3 is 29.5 Å². The highest BCUT2D eigenvalue weighted by Gasteiger charge is 2.76. The topological polar surface area (TPSA) is 138 Å². The van der Waals surface area contributed by atoms with Gasteiger partial charge in [0, 0.05) is 24.2 Å². The lowest BCUT2D eigenvalue weighted by atomic mass is 9.64. The number of hydrogen-bond acceptors (Lipinski definition) is 9. The van der Waals surface area contributed by atoms with Gasteiger partial charge in [-0.1, -0.05) is 134 Å². The van der Waals surface area contributed by atoms with Crippen molar-refractivity contribution >= 4 is 29.5 Å². The third-order valence-electron chi connectivity index (χ3n) is 14.7. The van der Waals surface area contributed by atoms with Gasteiger partial charge in [0.2, 0.25) is 11.8 Å². The molecule has 6 aromatic rings. The lowest BCUT2D eigenvalue weighted by molar-refractivity contribution is -0.179. The van der Waals surface area contributed by atoms with Gasteiger partial charge in [0.15, 0.2) is 0 Å². The molecule has 0 bridgehead atoms. The number of rotatable bonds is 10. The van der Waals surface area contributed by atoms with Gasteiger partial charge in [0.05, 0.1) is 43.4 Å². The first kappa shape index (κ1) is 47.9. The number of amides is 4. The molecule has 12 nitrogen and oxygen atoms in total. The van der Waals surface area contributed by atoms with E-state index in [0.717, 1.165) is 54.4 Å². The molecule has 7 atom stereocenters. The van der Waals surface area contributed by atoms with E-state index >= 15 is 19.2 Å². The van der Waals surface area contributed by atoms with E-state index < -0.39 is 59.5 Å². The van der Waals surface area contributed by atoms with E-state index in [4.69, 9.17) is 14.2 Å². The minimum Gasteiger partial charge on any atom is -0.497 e. The molecule has 4 aliphatic heterocycles. The Hall–Kier alpha value is -7.72. The van der Waals surface area contributed by atoms with Crippen molar-refractivity contribution in [1.82, 2.24) is 15.1 Å². The van der Waals surface area contributed by atoms with Crippen molar-refractivity contribution in [1.29, 1.82) is 0 Å². The molecule has 366 valence electrons. The number of imide groups is 1. The first-order valence-electron chi connectivity index (χ1n) is 24.9. The molecule has 3 fully saturated rings. The summed E-state index contributed by atoms with van der Waals surface area (Å²) in [6.45, 7) is 2.49. The third kappa shape index (κ3) is 8.88. The Kier molecular flexibility index (Phi) is 13.9. The molecule has 3 saturated heterocycles. The monoisotopic (exact) mass is 962 g/mol. The second-order valence-electron chi connectivity index (χ2n) is 18.9. The largest absolute Gasteiger partial charge is 0.497 e. The first-order valence-corrected chi connectivity index (χ1v) is 24.9. The minimum atomic E-state index is -1.96. The summed E-state index contributed by atoms with van der Waals surface area (Å²) in [6, 6.07) is 44.4. The highest BCUT2D eigenvalue weighted by Crippen LogP contribution is 2.66. The van der Waals surface area contributed by atoms with E-state index in [-0.39, 0.29) is 24.8 Å². The number of morpholine rings is 1. The van der Waals surface area contributed by atoms with Crippen LogP contribution in [0.25, 0.3) is 0 Å². The molecule has 0 unspecified atom stereocenters. The summed E-state index contributed by atoms with van der Waals surface area (Å²) in [7, 11) is 1.60. The van der Waals surface area contributed by atoms with Gasteiger partial charge in [-0.15, -0.1) is 0 Å². The zero-order valence-electron chi connectivity index (χ0n) is 40.5. The number of nitrogens with zero attached hydrogens (tertiary/aromatic N) is 3. The number of urea groups is 1. The Balaban J connectivity index is 1.27. The average Bonchev–Trinajstić information content (AvgIpc) is 3.86. The van der Waals surface area contributed by atoms with E-state index in [1.807, 2.05) is 156 Å². The molecule has 1 spiro atoms. The molecule has 0 saturated carbocycles. The molecule has 12 heteroatoms. The summed E-state index contributed by atoms with van der Waals surface area (Å²) in [5.41, 5.74) is 2.88. The number of fused-ring (bicyclic) bond motifs is 3. The molecule has 4 amide bonds.